The number of fused-ring (bicyclic) bond motifs is 1. The molecule has 0 spiro atoms. The molecule has 0 saturated heterocycles. The van der Waals surface area contributed by atoms with Crippen molar-refractivity contribution >= 4 is 31.1 Å². The molecule has 0 aliphatic carbocycles. The van der Waals surface area contributed by atoms with Gasteiger partial charge in [0.1, 0.15) is 17.1 Å². The Morgan fingerprint density at radius 2 is 1.72 bits per heavy atom. The third-order valence-corrected chi connectivity index (χ3v) is 7.93. The van der Waals surface area contributed by atoms with Crippen molar-refractivity contribution in [3.63, 3.8) is 0 Å². The standard InChI is InChI=1S/C33H40N3O9P/c1-21(2)43-31(39)29(16-23-18-35(32(40)44-33(4,5)6)28-15-11-10-14-26(23)28)36(45-25-12-8-7-9-13-25)46(41)42-20-24-17-34-22(3)30(38)27(24)19-37/h7-15,17-18,21,29,37-38,46H,16,19-20H2,1-6H3/t29-/m0/s1. The van der Waals surface area contributed by atoms with E-state index in [1.807, 2.05) is 6.07 Å². The molecule has 46 heavy (non-hydrogen) atoms. The second-order valence-electron chi connectivity index (χ2n) is 11.9. The van der Waals surface area contributed by atoms with Gasteiger partial charge in [-0.2, -0.15) is 0 Å². The lowest BCUT2D eigenvalue weighted by Crippen LogP contribution is -2.42. The Labute approximate surface area is 268 Å². The summed E-state index contributed by atoms with van der Waals surface area (Å²) in [5.41, 5.74) is 1.19. The minimum Gasteiger partial charge on any atom is -0.506 e. The first-order chi connectivity index (χ1) is 21.8. The van der Waals surface area contributed by atoms with Gasteiger partial charge in [0.2, 0.25) is 0 Å². The molecule has 2 heterocycles. The van der Waals surface area contributed by atoms with Gasteiger partial charge in [0.25, 0.3) is 8.18 Å². The maximum absolute atomic E-state index is 14.0. The van der Waals surface area contributed by atoms with Gasteiger partial charge in [0.05, 0.1) is 30.5 Å². The van der Waals surface area contributed by atoms with Crippen molar-refractivity contribution in [1.82, 2.24) is 14.4 Å². The number of rotatable bonds is 12. The predicted octanol–water partition coefficient (Wildman–Crippen LogP) is 6.09. The third-order valence-electron chi connectivity index (χ3n) is 6.77. The van der Waals surface area contributed by atoms with E-state index in [1.54, 1.807) is 96.3 Å². The number of pyridine rings is 1. The van der Waals surface area contributed by atoms with Gasteiger partial charge in [-0.3, -0.25) is 18.9 Å². The van der Waals surface area contributed by atoms with Crippen LogP contribution in [-0.2, 0) is 43.0 Å². The molecular weight excluding hydrogens is 613 g/mol. The highest BCUT2D eigenvalue weighted by Crippen LogP contribution is 2.37. The molecule has 246 valence electrons. The molecule has 1 unspecified atom stereocenters. The summed E-state index contributed by atoms with van der Waals surface area (Å²) >= 11 is 0. The Kier molecular flexibility index (Phi) is 11.2. The fourth-order valence-electron chi connectivity index (χ4n) is 4.67. The highest BCUT2D eigenvalue weighted by molar-refractivity contribution is 7.36. The number of hydroxylamine groups is 1. The minimum atomic E-state index is -3.38. The first-order valence-electron chi connectivity index (χ1n) is 14.8. The summed E-state index contributed by atoms with van der Waals surface area (Å²) in [6.45, 7) is 9.47. The number of aliphatic hydroxyl groups is 1. The molecule has 2 aromatic heterocycles. The van der Waals surface area contributed by atoms with Crippen LogP contribution in [0.2, 0.25) is 0 Å². The zero-order chi connectivity index (χ0) is 33.6. The number of aryl methyl sites for hydroxylation is 1. The lowest BCUT2D eigenvalue weighted by Gasteiger charge is -2.29. The van der Waals surface area contributed by atoms with Crippen molar-refractivity contribution in [2.24, 2.45) is 0 Å². The molecule has 0 amide bonds. The lowest BCUT2D eigenvalue weighted by atomic mass is 10.1. The van der Waals surface area contributed by atoms with Crippen LogP contribution in [0.4, 0.5) is 4.79 Å². The molecule has 4 rings (SSSR count). The summed E-state index contributed by atoms with van der Waals surface area (Å²) in [5, 5.41) is 20.9. The summed E-state index contributed by atoms with van der Waals surface area (Å²) in [6, 6.07) is 14.3. The van der Waals surface area contributed by atoms with Crippen LogP contribution in [0.15, 0.2) is 67.0 Å². The number of para-hydroxylation sites is 2. The first kappa shape index (κ1) is 34.6. The van der Waals surface area contributed by atoms with E-state index in [-0.39, 0.29) is 30.1 Å². The Hall–Kier alpha value is -4.22. The van der Waals surface area contributed by atoms with Crippen LogP contribution in [0.5, 0.6) is 11.5 Å². The third kappa shape index (κ3) is 8.52. The lowest BCUT2D eigenvalue weighted by molar-refractivity contribution is -0.159. The number of carbonyl (C=O) groups excluding carboxylic acids is 2. The van der Waals surface area contributed by atoms with Crippen LogP contribution < -0.4 is 4.84 Å². The smallest absolute Gasteiger partial charge is 0.419 e. The van der Waals surface area contributed by atoms with Crippen LogP contribution in [0, 0.1) is 6.92 Å². The molecular formula is C33H40N3O9P. The maximum Gasteiger partial charge on any atom is 0.419 e. The number of nitrogens with zero attached hydrogens (tertiary/aromatic N) is 3. The molecule has 13 heteroatoms. The summed E-state index contributed by atoms with van der Waals surface area (Å²) in [6.07, 6.45) is 1.81. The number of hydrogen-bond donors (Lipinski definition) is 2. The van der Waals surface area contributed by atoms with E-state index in [4.69, 9.17) is 18.8 Å². The molecule has 2 atom stereocenters. The van der Waals surface area contributed by atoms with E-state index in [0.717, 1.165) is 4.83 Å². The summed E-state index contributed by atoms with van der Waals surface area (Å²) in [7, 11) is -3.38. The molecule has 0 radical (unpaired) electrons. The number of ether oxygens (including phenoxy) is 2. The quantitative estimate of drug-likeness (QED) is 0.104. The number of aliphatic hydroxyl groups excluding tert-OH is 1. The topological polar surface area (TPSA) is 150 Å². The van der Waals surface area contributed by atoms with E-state index < -0.39 is 44.6 Å². The first-order valence-corrected chi connectivity index (χ1v) is 16.0. The molecule has 0 saturated carbocycles. The van der Waals surface area contributed by atoms with Crippen LogP contribution in [0.3, 0.4) is 0 Å². The van der Waals surface area contributed by atoms with E-state index >= 15 is 0 Å². The number of carbonyl (C=O) groups is 2. The van der Waals surface area contributed by atoms with Crippen molar-refractivity contribution in [1.29, 1.82) is 0 Å². The number of esters is 1. The molecule has 0 aliphatic heterocycles. The fraction of sp³-hybridized carbons (Fsp3) is 0.364. The van der Waals surface area contributed by atoms with Gasteiger partial charge in [-0.05, 0) is 65.3 Å². The average Bonchev–Trinajstić information content (AvgIpc) is 3.37. The van der Waals surface area contributed by atoms with Crippen molar-refractivity contribution in [3.8, 4) is 11.5 Å². The zero-order valence-corrected chi connectivity index (χ0v) is 27.7. The zero-order valence-electron chi connectivity index (χ0n) is 26.7. The molecule has 4 aromatic rings. The second-order valence-corrected chi connectivity index (χ2v) is 13.1. The van der Waals surface area contributed by atoms with Gasteiger partial charge < -0.3 is 29.0 Å². The largest absolute Gasteiger partial charge is 0.506 e. The van der Waals surface area contributed by atoms with E-state index in [9.17, 15) is 24.4 Å². The molecule has 2 N–H and O–H groups in total. The van der Waals surface area contributed by atoms with Gasteiger partial charge in [-0.1, -0.05) is 41.2 Å². The summed E-state index contributed by atoms with van der Waals surface area (Å²) in [4.78, 5) is 38.0. The highest BCUT2D eigenvalue weighted by atomic mass is 31.1. The van der Waals surface area contributed by atoms with Crippen LogP contribution in [0.1, 0.15) is 57.0 Å². The number of aromatic hydroxyl groups is 1. The van der Waals surface area contributed by atoms with Gasteiger partial charge >= 0.3 is 12.1 Å². The molecule has 0 bridgehead atoms. The van der Waals surface area contributed by atoms with E-state index in [2.05, 4.69) is 4.98 Å². The molecule has 2 aromatic carbocycles. The van der Waals surface area contributed by atoms with Crippen molar-refractivity contribution in [2.75, 3.05) is 0 Å². The molecule has 0 aliphatic rings. The average molecular weight is 654 g/mol. The second kappa shape index (κ2) is 14.9. The highest BCUT2D eigenvalue weighted by Gasteiger charge is 2.36. The fourth-order valence-corrected chi connectivity index (χ4v) is 5.70. The molecule has 12 nitrogen and oxygen atoms in total. The van der Waals surface area contributed by atoms with Gasteiger partial charge in [-0.25, -0.2) is 4.79 Å². The van der Waals surface area contributed by atoms with Gasteiger partial charge in [-0.15, -0.1) is 0 Å². The predicted molar refractivity (Wildman–Crippen MR) is 172 cm³/mol. The Morgan fingerprint density at radius 3 is 2.37 bits per heavy atom. The van der Waals surface area contributed by atoms with Crippen molar-refractivity contribution in [2.45, 2.75) is 78.9 Å². The van der Waals surface area contributed by atoms with Crippen molar-refractivity contribution < 1.29 is 43.2 Å². The summed E-state index contributed by atoms with van der Waals surface area (Å²) < 4.78 is 32.3. The number of benzene rings is 2. The Balaban J connectivity index is 1.75. The van der Waals surface area contributed by atoms with Crippen LogP contribution in [-0.4, -0.2) is 54.4 Å². The Morgan fingerprint density at radius 1 is 1.04 bits per heavy atom. The normalized spacial score (nSPS) is 13.2. The van der Waals surface area contributed by atoms with Crippen molar-refractivity contribution in [3.05, 3.63) is 89.4 Å². The summed E-state index contributed by atoms with van der Waals surface area (Å²) in [5.74, 6) is -0.637. The maximum atomic E-state index is 14.0. The minimum absolute atomic E-state index is 0.0801. The SMILES string of the molecule is Cc1ncc(CO[PH](=O)N(Oc2ccccc2)[C@@H](Cc2cn(C(=O)OC(C)(C)C)c3ccccc23)C(=O)OC(C)C)c(CO)c1O. The van der Waals surface area contributed by atoms with Gasteiger partial charge in [0, 0.05) is 35.3 Å². The number of hydrogen-bond acceptors (Lipinski definition) is 10. The number of aromatic nitrogens is 2. The molecule has 0 fully saturated rings. The monoisotopic (exact) mass is 653 g/mol. The Bertz CT molecular complexity index is 1700. The van der Waals surface area contributed by atoms with Crippen LogP contribution in [0.25, 0.3) is 10.9 Å². The van der Waals surface area contributed by atoms with E-state index in [0.29, 0.717) is 27.7 Å². The van der Waals surface area contributed by atoms with Gasteiger partial charge in [0.15, 0.2) is 6.04 Å². The van der Waals surface area contributed by atoms with Crippen LogP contribution >= 0.6 is 8.18 Å². The van der Waals surface area contributed by atoms with E-state index in [1.165, 1.54) is 10.8 Å².